The summed E-state index contributed by atoms with van der Waals surface area (Å²) in [5.74, 6) is 0. The van der Waals surface area contributed by atoms with E-state index in [1.807, 2.05) is 12.4 Å². The minimum Gasteiger partial charge on any atom is -0.264 e. The molecule has 0 unspecified atom stereocenters. The third kappa shape index (κ3) is 3.21. The van der Waals surface area contributed by atoms with Crippen LogP contribution in [0.3, 0.4) is 0 Å². The molecule has 168 valence electrons. The first-order valence-corrected chi connectivity index (χ1v) is 12.3. The Morgan fingerprint density at radius 1 is 0.361 bits per heavy atom. The van der Waals surface area contributed by atoms with Crippen molar-refractivity contribution in [1.82, 2.24) is 4.98 Å². The first kappa shape index (κ1) is 20.6. The van der Waals surface area contributed by atoms with Gasteiger partial charge in [-0.2, -0.15) is 0 Å². The highest BCUT2D eigenvalue weighted by atomic mass is 14.6. The van der Waals surface area contributed by atoms with Crippen LogP contribution in [-0.4, -0.2) is 4.98 Å². The van der Waals surface area contributed by atoms with Gasteiger partial charge in [0.25, 0.3) is 0 Å². The fourth-order valence-corrected chi connectivity index (χ4v) is 5.62. The maximum Gasteiger partial charge on any atom is 0.0353 e. The lowest BCUT2D eigenvalue weighted by Crippen LogP contribution is -1.93. The summed E-state index contributed by atoms with van der Waals surface area (Å²) < 4.78 is 0. The lowest BCUT2D eigenvalue weighted by Gasteiger charge is -2.19. The summed E-state index contributed by atoms with van der Waals surface area (Å²) in [6.45, 7) is 0. The predicted molar refractivity (Wildman–Crippen MR) is 153 cm³/mol. The fraction of sp³-hybridized carbons (Fsp3) is 0. The van der Waals surface area contributed by atoms with E-state index < -0.39 is 0 Å². The van der Waals surface area contributed by atoms with Crippen LogP contribution in [0.15, 0.2) is 140 Å². The highest BCUT2D eigenvalue weighted by Gasteiger charge is 2.19. The standard InChI is InChI=1S/C35H23N/c1-2-12-25(13-3-1)34-30-18-8-9-19-31(30)35(33-23-36-22-21-32(33)34)29-17-7-6-16-28(29)27-20-10-14-24-11-4-5-15-26(24)27/h1-23H. The van der Waals surface area contributed by atoms with Crippen molar-refractivity contribution in [3.05, 3.63) is 140 Å². The zero-order valence-electron chi connectivity index (χ0n) is 19.7. The molecule has 0 saturated heterocycles. The molecule has 1 heteroatoms. The summed E-state index contributed by atoms with van der Waals surface area (Å²) >= 11 is 0. The molecule has 0 saturated carbocycles. The van der Waals surface area contributed by atoms with Crippen LogP contribution < -0.4 is 0 Å². The minimum absolute atomic E-state index is 1.17. The van der Waals surface area contributed by atoms with Gasteiger partial charge in [0.1, 0.15) is 0 Å². The molecule has 0 aliphatic rings. The summed E-state index contributed by atoms with van der Waals surface area (Å²) in [4.78, 5) is 4.59. The van der Waals surface area contributed by atoms with Gasteiger partial charge < -0.3 is 0 Å². The fourth-order valence-electron chi connectivity index (χ4n) is 5.62. The average Bonchev–Trinajstić information content (AvgIpc) is 2.96. The predicted octanol–water partition coefficient (Wildman–Crippen LogP) is 9.54. The van der Waals surface area contributed by atoms with E-state index in [1.54, 1.807) is 0 Å². The lowest BCUT2D eigenvalue weighted by molar-refractivity contribution is 1.37. The average molecular weight is 458 g/mol. The Labute approximate surface area is 210 Å². The van der Waals surface area contributed by atoms with E-state index in [1.165, 1.54) is 65.7 Å². The van der Waals surface area contributed by atoms with Crippen molar-refractivity contribution in [1.29, 1.82) is 0 Å². The second-order valence-corrected chi connectivity index (χ2v) is 9.16. The highest BCUT2D eigenvalue weighted by molar-refractivity contribution is 6.22. The van der Waals surface area contributed by atoms with Crippen LogP contribution in [0.1, 0.15) is 0 Å². The zero-order valence-corrected chi connectivity index (χ0v) is 19.7. The number of rotatable bonds is 3. The van der Waals surface area contributed by atoms with Crippen LogP contribution in [0.25, 0.3) is 65.7 Å². The molecular formula is C35H23N. The largest absolute Gasteiger partial charge is 0.264 e. The van der Waals surface area contributed by atoms with Gasteiger partial charge in [0, 0.05) is 17.8 Å². The van der Waals surface area contributed by atoms with Gasteiger partial charge in [-0.25, -0.2) is 0 Å². The summed E-state index contributed by atoms with van der Waals surface area (Å²) in [5, 5.41) is 7.40. The van der Waals surface area contributed by atoms with Gasteiger partial charge in [-0.3, -0.25) is 4.98 Å². The quantitative estimate of drug-likeness (QED) is 0.241. The Bertz CT molecular complexity index is 1820. The molecule has 1 aromatic heterocycles. The molecule has 7 aromatic rings. The highest BCUT2D eigenvalue weighted by Crippen LogP contribution is 2.46. The molecule has 1 heterocycles. The van der Waals surface area contributed by atoms with Gasteiger partial charge in [-0.1, -0.05) is 121 Å². The molecule has 6 aromatic carbocycles. The number of hydrogen-bond acceptors (Lipinski definition) is 1. The van der Waals surface area contributed by atoms with Gasteiger partial charge >= 0.3 is 0 Å². The molecule has 0 fully saturated rings. The number of benzene rings is 6. The summed E-state index contributed by atoms with van der Waals surface area (Å²) in [7, 11) is 0. The molecule has 0 aliphatic carbocycles. The van der Waals surface area contributed by atoms with Crippen LogP contribution >= 0.6 is 0 Å². The van der Waals surface area contributed by atoms with Crippen molar-refractivity contribution in [3.63, 3.8) is 0 Å². The van der Waals surface area contributed by atoms with Crippen molar-refractivity contribution in [2.45, 2.75) is 0 Å². The van der Waals surface area contributed by atoms with Crippen LogP contribution in [0, 0.1) is 0 Å². The van der Waals surface area contributed by atoms with Crippen LogP contribution in [0.2, 0.25) is 0 Å². The number of nitrogens with zero attached hydrogens (tertiary/aromatic N) is 1. The van der Waals surface area contributed by atoms with E-state index in [4.69, 9.17) is 0 Å². The van der Waals surface area contributed by atoms with E-state index >= 15 is 0 Å². The van der Waals surface area contributed by atoms with Gasteiger partial charge in [-0.05, 0) is 66.4 Å². The first-order chi connectivity index (χ1) is 17.9. The van der Waals surface area contributed by atoms with E-state index in [2.05, 4.69) is 132 Å². The molecule has 0 bridgehead atoms. The van der Waals surface area contributed by atoms with E-state index in [0.717, 1.165) is 0 Å². The van der Waals surface area contributed by atoms with Crippen molar-refractivity contribution >= 4 is 32.3 Å². The van der Waals surface area contributed by atoms with Gasteiger partial charge in [-0.15, -0.1) is 0 Å². The molecule has 36 heavy (non-hydrogen) atoms. The van der Waals surface area contributed by atoms with Gasteiger partial charge in [0.2, 0.25) is 0 Å². The lowest BCUT2D eigenvalue weighted by atomic mass is 9.84. The van der Waals surface area contributed by atoms with Gasteiger partial charge in [0.15, 0.2) is 0 Å². The second-order valence-electron chi connectivity index (χ2n) is 9.16. The number of hydrogen-bond donors (Lipinski definition) is 0. The Morgan fingerprint density at radius 3 is 1.78 bits per heavy atom. The molecule has 0 N–H and O–H groups in total. The van der Waals surface area contributed by atoms with Crippen molar-refractivity contribution in [2.24, 2.45) is 0 Å². The molecule has 1 nitrogen and oxygen atoms in total. The van der Waals surface area contributed by atoms with E-state index in [-0.39, 0.29) is 0 Å². The van der Waals surface area contributed by atoms with E-state index in [0.29, 0.717) is 0 Å². The molecule has 0 amide bonds. The van der Waals surface area contributed by atoms with Gasteiger partial charge in [0.05, 0.1) is 0 Å². The third-order valence-corrected chi connectivity index (χ3v) is 7.16. The molecule has 0 spiro atoms. The topological polar surface area (TPSA) is 12.9 Å². The minimum atomic E-state index is 1.17. The molecule has 0 atom stereocenters. The van der Waals surface area contributed by atoms with E-state index in [9.17, 15) is 0 Å². The molecule has 0 aliphatic heterocycles. The SMILES string of the molecule is c1ccc(-c2c3ccccc3c(-c3ccccc3-c3cccc4ccccc34)c3cnccc23)cc1. The third-order valence-electron chi connectivity index (χ3n) is 7.16. The number of fused-ring (bicyclic) bond motifs is 3. The number of aromatic nitrogens is 1. The Balaban J connectivity index is 1.63. The maximum absolute atomic E-state index is 4.59. The summed E-state index contributed by atoms with van der Waals surface area (Å²) in [6, 6.07) is 45.7. The van der Waals surface area contributed by atoms with Crippen LogP contribution in [-0.2, 0) is 0 Å². The summed E-state index contributed by atoms with van der Waals surface area (Å²) in [6.07, 6.45) is 3.94. The number of pyridine rings is 1. The Kier molecular flexibility index (Phi) is 4.85. The zero-order chi connectivity index (χ0) is 23.9. The Hall–Kier alpha value is -4.75. The first-order valence-electron chi connectivity index (χ1n) is 12.3. The maximum atomic E-state index is 4.59. The van der Waals surface area contributed by atoms with Crippen LogP contribution in [0.4, 0.5) is 0 Å². The molecule has 0 radical (unpaired) electrons. The Morgan fingerprint density at radius 2 is 0.944 bits per heavy atom. The molecular weight excluding hydrogens is 434 g/mol. The smallest absolute Gasteiger partial charge is 0.0353 e. The van der Waals surface area contributed by atoms with Crippen molar-refractivity contribution in [3.8, 4) is 33.4 Å². The second kappa shape index (κ2) is 8.48. The normalized spacial score (nSPS) is 11.3. The van der Waals surface area contributed by atoms with Crippen molar-refractivity contribution in [2.75, 3.05) is 0 Å². The van der Waals surface area contributed by atoms with Crippen molar-refractivity contribution < 1.29 is 0 Å². The van der Waals surface area contributed by atoms with Crippen LogP contribution in [0.5, 0.6) is 0 Å². The monoisotopic (exact) mass is 457 g/mol. The summed E-state index contributed by atoms with van der Waals surface area (Å²) in [5.41, 5.74) is 7.42. The molecule has 7 rings (SSSR count).